The lowest BCUT2D eigenvalue weighted by molar-refractivity contribution is 0.0722. The predicted octanol–water partition coefficient (Wildman–Crippen LogP) is 2.63. The van der Waals surface area contributed by atoms with E-state index in [0.717, 1.165) is 24.9 Å². The predicted molar refractivity (Wildman–Crippen MR) is 97.9 cm³/mol. The van der Waals surface area contributed by atoms with Gasteiger partial charge in [0.2, 0.25) is 0 Å². The molecule has 1 saturated carbocycles. The molecular weight excluding hydrogens is 318 g/mol. The fraction of sp³-hybridized carbons (Fsp3) is 0.579. The number of nitrogens with zero attached hydrogens (tertiary/aromatic N) is 2. The summed E-state index contributed by atoms with van der Waals surface area (Å²) in [5.41, 5.74) is 1.98. The Bertz CT molecular complexity index is 802. The molecule has 0 unspecified atom stereocenters. The molecule has 136 valence electrons. The Labute approximate surface area is 147 Å². The average molecular weight is 345 g/mol. The van der Waals surface area contributed by atoms with Crippen LogP contribution in [-0.2, 0) is 11.3 Å². The Morgan fingerprint density at radius 2 is 2.16 bits per heavy atom. The van der Waals surface area contributed by atoms with Crippen molar-refractivity contribution in [2.45, 2.75) is 46.2 Å². The maximum Gasteiger partial charge on any atom is 0.326 e. The number of imidazole rings is 1. The number of hydrogen-bond donors (Lipinski definition) is 1. The van der Waals surface area contributed by atoms with Crippen LogP contribution in [0, 0.1) is 5.92 Å². The number of carbonyl (C=O) groups is 1. The number of ether oxygens (including phenoxy) is 1. The van der Waals surface area contributed by atoms with E-state index in [0.29, 0.717) is 42.8 Å². The van der Waals surface area contributed by atoms with Crippen LogP contribution >= 0.6 is 0 Å². The number of fused-ring (bicyclic) bond motifs is 1. The maximum absolute atomic E-state index is 12.9. The summed E-state index contributed by atoms with van der Waals surface area (Å²) < 4.78 is 7.00. The molecule has 1 aromatic heterocycles. The van der Waals surface area contributed by atoms with Gasteiger partial charge in [-0.2, -0.15) is 0 Å². The molecule has 0 atom stereocenters. The minimum absolute atomic E-state index is 0.0565. The lowest BCUT2D eigenvalue weighted by Gasteiger charge is -2.24. The zero-order chi connectivity index (χ0) is 18.0. The standard InChI is InChI=1S/C19H27N3O3/c1-4-25-10-9-21-17-8-5-14(11-16(17)20-19(21)24)18(23)22(12-13(2)3)15-6-7-15/h5,8,11,13,15H,4,6-7,9-10,12H2,1-3H3,(H,20,24). The van der Waals surface area contributed by atoms with Crippen LogP contribution in [0.1, 0.15) is 44.0 Å². The first-order valence-electron chi connectivity index (χ1n) is 9.12. The molecule has 1 amide bonds. The van der Waals surface area contributed by atoms with Crippen LogP contribution in [0.4, 0.5) is 0 Å². The highest BCUT2D eigenvalue weighted by Crippen LogP contribution is 2.29. The van der Waals surface area contributed by atoms with Crippen molar-refractivity contribution in [3.05, 3.63) is 34.2 Å². The highest BCUT2D eigenvalue weighted by molar-refractivity contribution is 5.97. The molecule has 25 heavy (non-hydrogen) atoms. The summed E-state index contributed by atoms with van der Waals surface area (Å²) >= 11 is 0. The van der Waals surface area contributed by atoms with Crippen LogP contribution in [0.15, 0.2) is 23.0 Å². The van der Waals surface area contributed by atoms with Crippen molar-refractivity contribution in [2.24, 2.45) is 5.92 Å². The van der Waals surface area contributed by atoms with Crippen molar-refractivity contribution < 1.29 is 9.53 Å². The molecular formula is C19H27N3O3. The second-order valence-corrected chi connectivity index (χ2v) is 7.09. The van der Waals surface area contributed by atoms with Crippen molar-refractivity contribution in [2.75, 3.05) is 19.8 Å². The minimum Gasteiger partial charge on any atom is -0.380 e. The van der Waals surface area contributed by atoms with Gasteiger partial charge >= 0.3 is 5.69 Å². The number of carbonyl (C=O) groups excluding carboxylic acids is 1. The minimum atomic E-state index is -0.166. The van der Waals surface area contributed by atoms with Gasteiger partial charge in [0, 0.05) is 24.8 Å². The summed E-state index contributed by atoms with van der Waals surface area (Å²) in [4.78, 5) is 29.9. The topological polar surface area (TPSA) is 67.3 Å². The fourth-order valence-corrected chi connectivity index (χ4v) is 3.16. The van der Waals surface area contributed by atoms with Gasteiger partial charge < -0.3 is 14.6 Å². The van der Waals surface area contributed by atoms with Gasteiger partial charge in [-0.1, -0.05) is 13.8 Å². The lowest BCUT2D eigenvalue weighted by Crippen LogP contribution is -2.36. The number of nitrogens with one attached hydrogen (secondary N) is 1. The molecule has 1 heterocycles. The third-order valence-corrected chi connectivity index (χ3v) is 4.49. The normalized spacial score (nSPS) is 14.4. The molecule has 1 aliphatic carbocycles. The highest BCUT2D eigenvalue weighted by atomic mass is 16.5. The number of rotatable bonds is 8. The second-order valence-electron chi connectivity index (χ2n) is 7.09. The van der Waals surface area contributed by atoms with Gasteiger partial charge in [0.05, 0.1) is 24.2 Å². The quantitative estimate of drug-likeness (QED) is 0.748. The highest BCUT2D eigenvalue weighted by Gasteiger charge is 2.33. The van der Waals surface area contributed by atoms with Gasteiger partial charge in [-0.15, -0.1) is 0 Å². The van der Waals surface area contributed by atoms with E-state index in [1.807, 2.05) is 24.0 Å². The van der Waals surface area contributed by atoms with Crippen LogP contribution in [0.5, 0.6) is 0 Å². The molecule has 2 aromatic rings. The molecule has 0 spiro atoms. The van der Waals surface area contributed by atoms with Crippen molar-refractivity contribution in [1.82, 2.24) is 14.5 Å². The molecule has 6 nitrogen and oxygen atoms in total. The SMILES string of the molecule is CCOCCn1c(=O)[nH]c2cc(C(=O)N(CC(C)C)C3CC3)ccc21. The summed E-state index contributed by atoms with van der Waals surface area (Å²) in [6, 6.07) is 5.85. The van der Waals surface area contributed by atoms with E-state index in [9.17, 15) is 9.59 Å². The summed E-state index contributed by atoms with van der Waals surface area (Å²) in [5.74, 6) is 0.494. The molecule has 1 N–H and O–H groups in total. The van der Waals surface area contributed by atoms with Crippen molar-refractivity contribution >= 4 is 16.9 Å². The second kappa shape index (κ2) is 7.44. The van der Waals surface area contributed by atoms with Crippen molar-refractivity contribution in [3.8, 4) is 0 Å². The zero-order valence-corrected chi connectivity index (χ0v) is 15.2. The van der Waals surface area contributed by atoms with Crippen LogP contribution < -0.4 is 5.69 Å². The van der Waals surface area contributed by atoms with Crippen LogP contribution in [0.3, 0.4) is 0 Å². The summed E-state index contributed by atoms with van der Waals surface area (Å²) in [5, 5.41) is 0. The number of hydrogen-bond acceptors (Lipinski definition) is 3. The molecule has 3 rings (SSSR count). The average Bonchev–Trinajstić information content (AvgIpc) is 3.36. The van der Waals surface area contributed by atoms with Crippen LogP contribution in [-0.4, -0.2) is 46.2 Å². The van der Waals surface area contributed by atoms with Crippen LogP contribution in [0.2, 0.25) is 0 Å². The molecule has 0 saturated heterocycles. The Kier molecular flexibility index (Phi) is 5.27. The first-order chi connectivity index (χ1) is 12.0. The molecule has 6 heteroatoms. The third-order valence-electron chi connectivity index (χ3n) is 4.49. The third kappa shape index (κ3) is 3.95. The van der Waals surface area contributed by atoms with E-state index in [2.05, 4.69) is 18.8 Å². The van der Waals surface area contributed by atoms with E-state index < -0.39 is 0 Å². The van der Waals surface area contributed by atoms with Gasteiger partial charge in [-0.05, 0) is 43.9 Å². The van der Waals surface area contributed by atoms with Gasteiger partial charge in [0.25, 0.3) is 5.91 Å². The number of H-pyrrole nitrogens is 1. The van der Waals surface area contributed by atoms with E-state index >= 15 is 0 Å². The van der Waals surface area contributed by atoms with E-state index in [1.54, 1.807) is 10.6 Å². The number of benzene rings is 1. The van der Waals surface area contributed by atoms with E-state index in [1.165, 1.54) is 0 Å². The number of aromatic amines is 1. The molecule has 0 aliphatic heterocycles. The van der Waals surface area contributed by atoms with Gasteiger partial charge in [0.1, 0.15) is 0 Å². The number of amides is 1. The molecule has 1 aromatic carbocycles. The molecule has 0 radical (unpaired) electrons. The van der Waals surface area contributed by atoms with Gasteiger partial charge in [-0.3, -0.25) is 9.36 Å². The van der Waals surface area contributed by atoms with Gasteiger partial charge in [-0.25, -0.2) is 4.79 Å². The fourth-order valence-electron chi connectivity index (χ4n) is 3.16. The van der Waals surface area contributed by atoms with Crippen LogP contribution in [0.25, 0.3) is 11.0 Å². The summed E-state index contributed by atoms with van der Waals surface area (Å²) in [6.45, 7) is 8.58. The maximum atomic E-state index is 12.9. The molecule has 1 aliphatic rings. The first kappa shape index (κ1) is 17.7. The summed E-state index contributed by atoms with van der Waals surface area (Å²) in [7, 11) is 0. The Balaban J connectivity index is 1.85. The Morgan fingerprint density at radius 1 is 1.40 bits per heavy atom. The van der Waals surface area contributed by atoms with E-state index in [-0.39, 0.29) is 11.6 Å². The Hall–Kier alpha value is -2.08. The monoisotopic (exact) mass is 345 g/mol. The largest absolute Gasteiger partial charge is 0.380 e. The lowest BCUT2D eigenvalue weighted by atomic mass is 10.1. The Morgan fingerprint density at radius 3 is 2.80 bits per heavy atom. The first-order valence-corrected chi connectivity index (χ1v) is 9.12. The zero-order valence-electron chi connectivity index (χ0n) is 15.2. The van der Waals surface area contributed by atoms with E-state index in [4.69, 9.17) is 4.74 Å². The van der Waals surface area contributed by atoms with Crippen molar-refractivity contribution in [3.63, 3.8) is 0 Å². The molecule has 1 fully saturated rings. The van der Waals surface area contributed by atoms with Crippen molar-refractivity contribution in [1.29, 1.82) is 0 Å². The molecule has 0 bridgehead atoms. The summed E-state index contributed by atoms with van der Waals surface area (Å²) in [6.07, 6.45) is 2.18. The smallest absolute Gasteiger partial charge is 0.326 e. The van der Waals surface area contributed by atoms with Gasteiger partial charge in [0.15, 0.2) is 0 Å². The number of aromatic nitrogens is 2.